The molecule has 0 saturated heterocycles. The number of carboxylic acid groups (broad SMARTS) is 2. The first-order valence-corrected chi connectivity index (χ1v) is 8.66. The molecular weight excluding hydrogens is 323 g/mol. The zero-order valence-corrected chi connectivity index (χ0v) is 14.5. The third-order valence-corrected chi connectivity index (χ3v) is 4.72. The quantitative estimate of drug-likeness (QED) is 0.603. The maximum atomic E-state index is 12.0. The Morgan fingerprint density at radius 3 is 1.52 bits per heavy atom. The van der Waals surface area contributed by atoms with Crippen LogP contribution >= 0.6 is 7.60 Å². The molecule has 0 unspecified atom stereocenters. The molecule has 0 heterocycles. The zero-order chi connectivity index (χ0) is 18.3. The lowest BCUT2D eigenvalue weighted by Gasteiger charge is -2.26. The molecule has 1 aromatic carbocycles. The Hall–Kier alpha value is -1.69. The van der Waals surface area contributed by atoms with Crippen molar-refractivity contribution in [2.75, 3.05) is 0 Å². The summed E-state index contributed by atoms with van der Waals surface area (Å²) in [6.45, 7) is 7.97. The lowest BCUT2D eigenvalue weighted by molar-refractivity contribution is 0.0694. The highest BCUT2D eigenvalue weighted by Gasteiger charge is 2.37. The fourth-order valence-corrected chi connectivity index (χ4v) is 4.17. The minimum absolute atomic E-state index is 0.105. The van der Waals surface area contributed by atoms with Gasteiger partial charge in [-0.1, -0.05) is 27.7 Å². The van der Waals surface area contributed by atoms with Crippen LogP contribution in [0.2, 0.25) is 0 Å². The standard InChI is InChI=1S/C15H21O7P/c1-6(2)9-10(7(3)4)13(23(20,21)22)12(15(18)19)8(5)11(9)14(16)17/h6-7H,1-5H3,(H,16,17)(H,18,19)(H2,20,21,22). The van der Waals surface area contributed by atoms with Gasteiger partial charge in [-0.3, -0.25) is 4.57 Å². The number of rotatable bonds is 5. The molecule has 128 valence electrons. The number of carbonyl (C=O) groups is 2. The van der Waals surface area contributed by atoms with Crippen molar-refractivity contribution in [2.24, 2.45) is 0 Å². The molecule has 0 bridgehead atoms. The Morgan fingerprint density at radius 1 is 0.870 bits per heavy atom. The summed E-state index contributed by atoms with van der Waals surface area (Å²) in [5.41, 5.74) is -0.583. The lowest BCUT2D eigenvalue weighted by Crippen LogP contribution is -2.28. The molecule has 0 atom stereocenters. The van der Waals surface area contributed by atoms with Crippen molar-refractivity contribution in [3.8, 4) is 0 Å². The minimum atomic E-state index is -4.92. The summed E-state index contributed by atoms with van der Waals surface area (Å²) >= 11 is 0. The van der Waals surface area contributed by atoms with Gasteiger partial charge >= 0.3 is 19.5 Å². The van der Waals surface area contributed by atoms with Gasteiger partial charge in [-0.2, -0.15) is 0 Å². The maximum absolute atomic E-state index is 12.0. The van der Waals surface area contributed by atoms with Crippen LogP contribution in [-0.4, -0.2) is 31.9 Å². The number of benzene rings is 1. The second kappa shape index (κ2) is 6.43. The van der Waals surface area contributed by atoms with E-state index in [0.717, 1.165) is 0 Å². The van der Waals surface area contributed by atoms with E-state index in [-0.39, 0.29) is 28.2 Å². The molecule has 0 aliphatic rings. The van der Waals surface area contributed by atoms with Gasteiger partial charge in [-0.05, 0) is 35.4 Å². The van der Waals surface area contributed by atoms with E-state index in [2.05, 4.69) is 0 Å². The monoisotopic (exact) mass is 344 g/mol. The second-order valence-electron chi connectivity index (χ2n) is 6.01. The Labute approximate surface area is 134 Å². The fraction of sp³-hybridized carbons (Fsp3) is 0.467. The largest absolute Gasteiger partial charge is 0.478 e. The molecular formula is C15H21O7P. The molecule has 0 spiro atoms. The first-order valence-electron chi connectivity index (χ1n) is 7.05. The zero-order valence-electron chi connectivity index (χ0n) is 13.6. The Bertz CT molecular complexity index is 713. The van der Waals surface area contributed by atoms with Crippen LogP contribution in [-0.2, 0) is 4.57 Å². The molecule has 7 nitrogen and oxygen atoms in total. The van der Waals surface area contributed by atoms with E-state index in [1.165, 1.54) is 6.92 Å². The van der Waals surface area contributed by atoms with E-state index < -0.39 is 36.3 Å². The van der Waals surface area contributed by atoms with Crippen LogP contribution in [0.1, 0.15) is 76.9 Å². The normalized spacial score (nSPS) is 12.0. The Balaban J connectivity index is 4.31. The smallest absolute Gasteiger partial charge is 0.357 e. The van der Waals surface area contributed by atoms with E-state index in [1.54, 1.807) is 27.7 Å². The van der Waals surface area contributed by atoms with E-state index in [1.807, 2.05) is 0 Å². The number of hydrogen-bond donors (Lipinski definition) is 4. The highest BCUT2D eigenvalue weighted by molar-refractivity contribution is 7.60. The van der Waals surface area contributed by atoms with Gasteiger partial charge in [0.25, 0.3) is 0 Å². The van der Waals surface area contributed by atoms with Gasteiger partial charge in [-0.25, -0.2) is 9.59 Å². The highest BCUT2D eigenvalue weighted by Crippen LogP contribution is 2.43. The first-order chi connectivity index (χ1) is 10.3. The van der Waals surface area contributed by atoms with Crippen LogP contribution in [0.15, 0.2) is 0 Å². The predicted octanol–water partition coefficient (Wildman–Crippen LogP) is 2.44. The van der Waals surface area contributed by atoms with Crippen LogP contribution in [0, 0.1) is 6.92 Å². The topological polar surface area (TPSA) is 132 Å². The second-order valence-corrected chi connectivity index (χ2v) is 7.55. The predicted molar refractivity (Wildman–Crippen MR) is 85.0 cm³/mol. The molecule has 0 aliphatic heterocycles. The summed E-state index contributed by atoms with van der Waals surface area (Å²) in [7, 11) is -4.92. The molecule has 0 fully saturated rings. The van der Waals surface area contributed by atoms with Crippen molar-refractivity contribution < 1.29 is 34.2 Å². The van der Waals surface area contributed by atoms with E-state index in [0.29, 0.717) is 0 Å². The Morgan fingerprint density at radius 2 is 1.26 bits per heavy atom. The number of carboxylic acids is 2. The van der Waals surface area contributed by atoms with Crippen LogP contribution in [0.5, 0.6) is 0 Å². The van der Waals surface area contributed by atoms with Crippen molar-refractivity contribution in [3.05, 3.63) is 27.8 Å². The molecule has 4 N–H and O–H groups in total. The van der Waals surface area contributed by atoms with E-state index in [9.17, 15) is 34.2 Å². The van der Waals surface area contributed by atoms with Crippen molar-refractivity contribution >= 4 is 24.8 Å². The van der Waals surface area contributed by atoms with Crippen molar-refractivity contribution in [2.45, 2.75) is 46.5 Å². The van der Waals surface area contributed by atoms with Crippen LogP contribution in [0.3, 0.4) is 0 Å². The van der Waals surface area contributed by atoms with Gasteiger partial charge in [0.2, 0.25) is 0 Å². The average Bonchev–Trinajstić information content (AvgIpc) is 2.34. The third kappa shape index (κ3) is 3.47. The van der Waals surface area contributed by atoms with Gasteiger partial charge in [-0.15, -0.1) is 0 Å². The average molecular weight is 344 g/mol. The molecule has 0 aliphatic carbocycles. The van der Waals surface area contributed by atoms with Crippen LogP contribution in [0.25, 0.3) is 0 Å². The van der Waals surface area contributed by atoms with E-state index in [4.69, 9.17) is 0 Å². The van der Waals surface area contributed by atoms with Crippen molar-refractivity contribution in [3.63, 3.8) is 0 Å². The summed E-state index contributed by atoms with van der Waals surface area (Å²) in [6.07, 6.45) is 0. The summed E-state index contributed by atoms with van der Waals surface area (Å²) in [5.74, 6) is -3.66. The van der Waals surface area contributed by atoms with Crippen molar-refractivity contribution in [1.82, 2.24) is 0 Å². The summed E-state index contributed by atoms with van der Waals surface area (Å²) < 4.78 is 12.0. The van der Waals surface area contributed by atoms with Crippen molar-refractivity contribution in [1.29, 1.82) is 0 Å². The molecule has 8 heteroatoms. The molecule has 1 aromatic rings. The molecule has 1 rings (SSSR count). The molecule has 0 aromatic heterocycles. The lowest BCUT2D eigenvalue weighted by atomic mass is 9.82. The number of hydrogen-bond acceptors (Lipinski definition) is 3. The minimum Gasteiger partial charge on any atom is -0.478 e. The summed E-state index contributed by atoms with van der Waals surface area (Å²) in [6, 6.07) is 0. The third-order valence-electron chi connectivity index (χ3n) is 3.68. The Kier molecular flexibility index (Phi) is 5.41. The van der Waals surface area contributed by atoms with Crippen LogP contribution in [0.4, 0.5) is 0 Å². The van der Waals surface area contributed by atoms with Gasteiger partial charge in [0.15, 0.2) is 0 Å². The van der Waals surface area contributed by atoms with Gasteiger partial charge in [0, 0.05) is 0 Å². The molecule has 0 amide bonds. The van der Waals surface area contributed by atoms with Gasteiger partial charge < -0.3 is 20.0 Å². The molecule has 0 radical (unpaired) electrons. The summed E-state index contributed by atoms with van der Waals surface area (Å²) in [5, 5.41) is 18.4. The first kappa shape index (κ1) is 19.4. The molecule has 0 saturated carbocycles. The van der Waals surface area contributed by atoms with E-state index >= 15 is 0 Å². The van der Waals surface area contributed by atoms with Gasteiger partial charge in [0.1, 0.15) is 0 Å². The fourth-order valence-electron chi connectivity index (χ4n) is 2.93. The SMILES string of the molecule is Cc1c(C(=O)O)c(C(C)C)c(C(C)C)c(P(=O)(O)O)c1C(=O)O. The summed E-state index contributed by atoms with van der Waals surface area (Å²) in [4.78, 5) is 42.7. The highest BCUT2D eigenvalue weighted by atomic mass is 31.2. The molecule has 23 heavy (non-hydrogen) atoms. The van der Waals surface area contributed by atoms with Gasteiger partial charge in [0.05, 0.1) is 16.4 Å². The number of aromatic carboxylic acids is 2. The van der Waals surface area contributed by atoms with Crippen LogP contribution < -0.4 is 5.30 Å². The maximum Gasteiger partial charge on any atom is 0.357 e.